The van der Waals surface area contributed by atoms with Gasteiger partial charge in [-0.15, -0.1) is 0 Å². The third-order valence-electron chi connectivity index (χ3n) is 4.54. The second-order valence-corrected chi connectivity index (χ2v) is 7.03. The molecule has 0 heterocycles. The van der Waals surface area contributed by atoms with Crippen molar-refractivity contribution < 1.29 is 14.3 Å². The molecule has 0 saturated heterocycles. The molecule has 1 saturated carbocycles. The highest BCUT2D eigenvalue weighted by molar-refractivity contribution is 7.80. The molecule has 0 aromatic heterocycles. The standard InChI is InChI=1S/C19H29N3O3S/c1-4-24-15-9-11-16(12-10-15)25-14(3)18(23)21-22-19(26)20-17-8-6-5-7-13(17)2/h9-14,17H,4-8H2,1-3H3,(H,21,23)(H2,20,22,26)/t13-,14-,17-/m0/s1. The summed E-state index contributed by atoms with van der Waals surface area (Å²) >= 11 is 5.27. The van der Waals surface area contributed by atoms with E-state index in [-0.39, 0.29) is 5.91 Å². The summed E-state index contributed by atoms with van der Waals surface area (Å²) in [7, 11) is 0. The minimum Gasteiger partial charge on any atom is -0.494 e. The van der Waals surface area contributed by atoms with Crippen molar-refractivity contribution in [1.29, 1.82) is 0 Å². The van der Waals surface area contributed by atoms with E-state index < -0.39 is 6.10 Å². The van der Waals surface area contributed by atoms with Crippen LogP contribution in [-0.2, 0) is 4.79 Å². The first-order chi connectivity index (χ1) is 12.5. The number of ether oxygens (including phenoxy) is 2. The highest BCUT2D eigenvalue weighted by Crippen LogP contribution is 2.23. The maximum absolute atomic E-state index is 12.2. The van der Waals surface area contributed by atoms with Gasteiger partial charge in [0.05, 0.1) is 6.61 Å². The van der Waals surface area contributed by atoms with Crippen LogP contribution in [0.1, 0.15) is 46.5 Å². The molecule has 3 atom stereocenters. The molecule has 0 unspecified atom stereocenters. The highest BCUT2D eigenvalue weighted by atomic mass is 32.1. The summed E-state index contributed by atoms with van der Waals surface area (Å²) in [6, 6.07) is 7.54. The van der Waals surface area contributed by atoms with Crippen molar-refractivity contribution in [3.05, 3.63) is 24.3 Å². The Balaban J connectivity index is 1.73. The normalized spacial score (nSPS) is 20.6. The van der Waals surface area contributed by atoms with Gasteiger partial charge in [-0.3, -0.25) is 15.6 Å². The second kappa shape index (κ2) is 10.2. The third kappa shape index (κ3) is 6.37. The molecule has 7 heteroatoms. The zero-order valence-corrected chi connectivity index (χ0v) is 16.5. The summed E-state index contributed by atoms with van der Waals surface area (Å²) in [5, 5.41) is 3.72. The molecule has 1 fully saturated rings. The minimum absolute atomic E-state index is 0.292. The number of carbonyl (C=O) groups is 1. The van der Waals surface area contributed by atoms with Crippen molar-refractivity contribution in [3.63, 3.8) is 0 Å². The molecule has 6 nitrogen and oxygen atoms in total. The average molecular weight is 380 g/mol. The average Bonchev–Trinajstić information content (AvgIpc) is 2.63. The SMILES string of the molecule is CCOc1ccc(O[C@@H](C)C(=O)NNC(=S)N[C@H]2CCCC[C@@H]2C)cc1. The molecule has 0 radical (unpaired) electrons. The summed E-state index contributed by atoms with van der Waals surface area (Å²) < 4.78 is 11.0. The third-order valence-corrected chi connectivity index (χ3v) is 4.76. The zero-order chi connectivity index (χ0) is 18.9. The number of hydrazine groups is 1. The van der Waals surface area contributed by atoms with Gasteiger partial charge in [-0.1, -0.05) is 19.8 Å². The molecule has 0 aliphatic heterocycles. The molecule has 2 rings (SSSR count). The molecular weight excluding hydrogens is 350 g/mol. The van der Waals surface area contributed by atoms with Crippen LogP contribution in [0.15, 0.2) is 24.3 Å². The Morgan fingerprint density at radius 3 is 2.50 bits per heavy atom. The predicted octanol–water partition coefficient (Wildman–Crippen LogP) is 2.93. The Kier molecular flexibility index (Phi) is 7.97. The van der Waals surface area contributed by atoms with Crippen LogP contribution in [0.2, 0.25) is 0 Å². The fourth-order valence-electron chi connectivity index (χ4n) is 2.99. The lowest BCUT2D eigenvalue weighted by Crippen LogP contribution is -2.53. The number of thiocarbonyl (C=S) groups is 1. The Morgan fingerprint density at radius 1 is 1.19 bits per heavy atom. The summed E-state index contributed by atoms with van der Waals surface area (Å²) in [5.74, 6) is 1.67. The largest absolute Gasteiger partial charge is 0.494 e. The number of amides is 1. The van der Waals surface area contributed by atoms with Crippen molar-refractivity contribution in [2.75, 3.05) is 6.61 Å². The van der Waals surface area contributed by atoms with E-state index in [1.165, 1.54) is 19.3 Å². The van der Waals surface area contributed by atoms with Gasteiger partial charge in [-0.2, -0.15) is 0 Å². The number of hydrogen-bond donors (Lipinski definition) is 3. The Bertz CT molecular complexity index is 594. The Labute approximate surface area is 161 Å². The topological polar surface area (TPSA) is 71.6 Å². The van der Waals surface area contributed by atoms with E-state index in [1.807, 2.05) is 19.1 Å². The van der Waals surface area contributed by atoms with E-state index in [9.17, 15) is 4.79 Å². The van der Waals surface area contributed by atoms with Gasteiger partial charge in [-0.05, 0) is 69.1 Å². The molecule has 1 aromatic carbocycles. The molecule has 0 spiro atoms. The summed E-state index contributed by atoms with van der Waals surface area (Å²) in [5.41, 5.74) is 5.36. The highest BCUT2D eigenvalue weighted by Gasteiger charge is 2.22. The Morgan fingerprint density at radius 2 is 1.85 bits per heavy atom. The van der Waals surface area contributed by atoms with Gasteiger partial charge in [0.2, 0.25) is 0 Å². The molecule has 144 valence electrons. The number of hydrogen-bond acceptors (Lipinski definition) is 4. The first-order valence-electron chi connectivity index (χ1n) is 9.25. The smallest absolute Gasteiger partial charge is 0.279 e. The van der Waals surface area contributed by atoms with Crippen LogP contribution in [0.4, 0.5) is 0 Å². The molecule has 1 aliphatic carbocycles. The lowest BCUT2D eigenvalue weighted by Gasteiger charge is -2.30. The minimum atomic E-state index is -0.656. The molecular formula is C19H29N3O3S. The molecule has 3 N–H and O–H groups in total. The predicted molar refractivity (Wildman–Crippen MR) is 106 cm³/mol. The molecule has 1 aromatic rings. The lowest BCUT2D eigenvalue weighted by molar-refractivity contribution is -0.127. The van der Waals surface area contributed by atoms with Gasteiger partial charge in [0.1, 0.15) is 11.5 Å². The fraction of sp³-hybridized carbons (Fsp3) is 0.579. The molecule has 26 heavy (non-hydrogen) atoms. The van der Waals surface area contributed by atoms with E-state index in [0.29, 0.717) is 29.4 Å². The van der Waals surface area contributed by atoms with Crippen LogP contribution in [0.5, 0.6) is 11.5 Å². The van der Waals surface area contributed by atoms with Crippen LogP contribution in [0.25, 0.3) is 0 Å². The van der Waals surface area contributed by atoms with Gasteiger partial charge in [-0.25, -0.2) is 0 Å². The number of nitrogens with one attached hydrogen (secondary N) is 3. The number of benzene rings is 1. The van der Waals surface area contributed by atoms with E-state index >= 15 is 0 Å². The zero-order valence-electron chi connectivity index (χ0n) is 15.7. The van der Waals surface area contributed by atoms with Crippen molar-refractivity contribution >= 4 is 23.2 Å². The van der Waals surface area contributed by atoms with E-state index in [0.717, 1.165) is 12.2 Å². The van der Waals surface area contributed by atoms with Crippen molar-refractivity contribution in [2.45, 2.75) is 58.6 Å². The number of rotatable bonds is 6. The second-order valence-electron chi connectivity index (χ2n) is 6.62. The van der Waals surface area contributed by atoms with E-state index in [4.69, 9.17) is 21.7 Å². The quantitative estimate of drug-likeness (QED) is 0.521. The summed E-state index contributed by atoms with van der Waals surface area (Å²) in [6.45, 7) is 6.45. The van der Waals surface area contributed by atoms with Gasteiger partial charge in [0, 0.05) is 6.04 Å². The van der Waals surface area contributed by atoms with Crippen molar-refractivity contribution in [3.8, 4) is 11.5 Å². The first-order valence-corrected chi connectivity index (χ1v) is 9.66. The van der Waals surface area contributed by atoms with Crippen molar-refractivity contribution in [2.24, 2.45) is 5.92 Å². The molecule has 0 bridgehead atoms. The van der Waals surface area contributed by atoms with Gasteiger partial charge in [0.15, 0.2) is 11.2 Å². The van der Waals surface area contributed by atoms with Crippen LogP contribution in [0, 0.1) is 5.92 Å². The maximum atomic E-state index is 12.2. The first kappa shape index (κ1) is 20.3. The van der Waals surface area contributed by atoms with Crippen LogP contribution >= 0.6 is 12.2 Å². The monoisotopic (exact) mass is 379 g/mol. The van der Waals surface area contributed by atoms with Gasteiger partial charge in [0.25, 0.3) is 5.91 Å². The molecule has 1 amide bonds. The molecule has 1 aliphatic rings. The number of carbonyl (C=O) groups excluding carboxylic acids is 1. The Hall–Kier alpha value is -2.02. The lowest BCUT2D eigenvalue weighted by atomic mass is 9.86. The summed E-state index contributed by atoms with van der Waals surface area (Å²) in [6.07, 6.45) is 4.14. The van der Waals surface area contributed by atoms with Gasteiger partial charge < -0.3 is 14.8 Å². The van der Waals surface area contributed by atoms with E-state index in [2.05, 4.69) is 23.1 Å². The van der Waals surface area contributed by atoms with Crippen LogP contribution in [-0.4, -0.2) is 29.8 Å². The van der Waals surface area contributed by atoms with Crippen molar-refractivity contribution in [1.82, 2.24) is 16.2 Å². The van der Waals surface area contributed by atoms with Crippen LogP contribution < -0.4 is 25.6 Å². The maximum Gasteiger partial charge on any atom is 0.279 e. The summed E-state index contributed by atoms with van der Waals surface area (Å²) in [4.78, 5) is 12.2. The van der Waals surface area contributed by atoms with E-state index in [1.54, 1.807) is 19.1 Å². The fourth-order valence-corrected chi connectivity index (χ4v) is 3.20. The van der Waals surface area contributed by atoms with Gasteiger partial charge >= 0.3 is 0 Å². The van der Waals surface area contributed by atoms with Crippen LogP contribution in [0.3, 0.4) is 0 Å².